The molecule has 6 heteroatoms. The molecule has 0 aliphatic rings. The third-order valence-corrected chi connectivity index (χ3v) is 3.02. The van der Waals surface area contributed by atoms with Crippen LogP contribution in [0, 0.1) is 0 Å². The first-order valence-corrected chi connectivity index (χ1v) is 5.06. The molecule has 1 rings (SSSR count). The molecule has 0 aromatic carbocycles. The van der Waals surface area contributed by atoms with Gasteiger partial charge in [0.1, 0.15) is 0 Å². The summed E-state index contributed by atoms with van der Waals surface area (Å²) in [5.41, 5.74) is 11.3. The Morgan fingerprint density at radius 1 is 1.62 bits per heavy atom. The number of carbonyl (C=O) groups is 1. The number of rotatable bonds is 3. The highest BCUT2D eigenvalue weighted by Crippen LogP contribution is 2.34. The van der Waals surface area contributed by atoms with Crippen LogP contribution in [0.25, 0.3) is 0 Å². The number of hydrogen-bond donors (Lipinski definition) is 2. The molecule has 0 aliphatic heterocycles. The van der Waals surface area contributed by atoms with E-state index in [4.69, 9.17) is 34.7 Å². The highest BCUT2D eigenvalue weighted by Gasteiger charge is 2.15. The monoisotopic (exact) mass is 238 g/mol. The van der Waals surface area contributed by atoms with Crippen LogP contribution in [0.4, 0.5) is 0 Å². The van der Waals surface area contributed by atoms with Gasteiger partial charge in [-0.3, -0.25) is 4.79 Å². The summed E-state index contributed by atoms with van der Waals surface area (Å²) in [4.78, 5) is 10.6. The number of thiophene rings is 1. The van der Waals surface area contributed by atoms with E-state index in [2.05, 4.69) is 0 Å². The smallest absolute Gasteiger partial charge is 0.219 e. The van der Waals surface area contributed by atoms with E-state index < -0.39 is 11.9 Å². The summed E-state index contributed by atoms with van der Waals surface area (Å²) in [6.07, 6.45) is 0.0762. The van der Waals surface area contributed by atoms with Crippen molar-refractivity contribution in [2.24, 2.45) is 11.5 Å². The van der Waals surface area contributed by atoms with E-state index in [-0.39, 0.29) is 6.42 Å². The van der Waals surface area contributed by atoms with E-state index in [1.54, 1.807) is 6.07 Å². The van der Waals surface area contributed by atoms with Crippen LogP contribution in [0.15, 0.2) is 6.07 Å². The highest BCUT2D eigenvalue weighted by atomic mass is 35.5. The Morgan fingerprint density at radius 3 is 2.62 bits per heavy atom. The van der Waals surface area contributed by atoms with Gasteiger partial charge >= 0.3 is 0 Å². The number of amides is 1. The minimum absolute atomic E-state index is 0.0762. The molecule has 1 amide bonds. The topological polar surface area (TPSA) is 69.1 Å². The molecule has 0 unspecified atom stereocenters. The molecular formula is C7H8Cl2N2OS. The molecule has 1 heterocycles. The lowest BCUT2D eigenvalue weighted by molar-refractivity contribution is -0.118. The van der Waals surface area contributed by atoms with E-state index >= 15 is 0 Å². The average Bonchev–Trinajstić information content (AvgIpc) is 2.28. The third-order valence-electron chi connectivity index (χ3n) is 1.50. The van der Waals surface area contributed by atoms with Gasteiger partial charge < -0.3 is 11.5 Å². The molecule has 0 bridgehead atoms. The average molecular weight is 239 g/mol. The van der Waals surface area contributed by atoms with Gasteiger partial charge in [0.05, 0.1) is 8.67 Å². The largest absolute Gasteiger partial charge is 0.370 e. The van der Waals surface area contributed by atoms with E-state index in [0.29, 0.717) is 14.2 Å². The third kappa shape index (κ3) is 2.84. The van der Waals surface area contributed by atoms with E-state index in [9.17, 15) is 4.79 Å². The molecule has 0 fully saturated rings. The Hall–Kier alpha value is -0.290. The Morgan fingerprint density at radius 2 is 2.23 bits per heavy atom. The van der Waals surface area contributed by atoms with Gasteiger partial charge in [0.25, 0.3) is 0 Å². The van der Waals surface area contributed by atoms with Crippen LogP contribution in [0.2, 0.25) is 8.67 Å². The second-order valence-corrected chi connectivity index (χ2v) is 4.84. The van der Waals surface area contributed by atoms with E-state index in [1.807, 2.05) is 0 Å². The van der Waals surface area contributed by atoms with Crippen molar-refractivity contribution in [3.05, 3.63) is 20.3 Å². The van der Waals surface area contributed by atoms with E-state index in [0.717, 1.165) is 0 Å². The van der Waals surface area contributed by atoms with Gasteiger partial charge in [-0.15, -0.1) is 11.3 Å². The van der Waals surface area contributed by atoms with E-state index in [1.165, 1.54) is 11.3 Å². The molecular weight excluding hydrogens is 231 g/mol. The zero-order valence-corrected chi connectivity index (χ0v) is 8.92. The second-order valence-electron chi connectivity index (χ2n) is 2.56. The Labute approximate surface area is 89.6 Å². The van der Waals surface area contributed by atoms with Crippen molar-refractivity contribution < 1.29 is 4.79 Å². The molecule has 13 heavy (non-hydrogen) atoms. The maximum Gasteiger partial charge on any atom is 0.219 e. The SMILES string of the molecule is NC(=O)C[C@H](N)c1cc(Cl)sc1Cl. The van der Waals surface area contributed by atoms with Gasteiger partial charge in [-0.25, -0.2) is 0 Å². The van der Waals surface area contributed by atoms with Gasteiger partial charge in [-0.1, -0.05) is 23.2 Å². The van der Waals surface area contributed by atoms with Crippen LogP contribution in [0.1, 0.15) is 18.0 Å². The van der Waals surface area contributed by atoms with Crippen molar-refractivity contribution in [3.63, 3.8) is 0 Å². The summed E-state index contributed by atoms with van der Waals surface area (Å²) in [6.45, 7) is 0. The summed E-state index contributed by atoms with van der Waals surface area (Å²) in [7, 11) is 0. The molecule has 3 nitrogen and oxygen atoms in total. The molecule has 0 spiro atoms. The minimum Gasteiger partial charge on any atom is -0.370 e. The first-order valence-electron chi connectivity index (χ1n) is 3.49. The standard InChI is InChI=1S/C7H8Cl2N2OS/c8-5-1-3(7(9)13-5)4(10)2-6(11)12/h1,4H,2,10H2,(H2,11,12)/t4-/m0/s1. The van der Waals surface area contributed by atoms with Crippen molar-refractivity contribution in [2.45, 2.75) is 12.5 Å². The molecule has 0 radical (unpaired) electrons. The minimum atomic E-state index is -0.464. The van der Waals surface area contributed by atoms with Gasteiger partial charge in [-0.2, -0.15) is 0 Å². The van der Waals surface area contributed by atoms with Crippen LogP contribution in [0.5, 0.6) is 0 Å². The lowest BCUT2D eigenvalue weighted by atomic mass is 10.1. The molecule has 1 aromatic heterocycles. The molecule has 1 aromatic rings. The highest BCUT2D eigenvalue weighted by molar-refractivity contribution is 7.20. The number of primary amides is 1. The zero-order chi connectivity index (χ0) is 10.0. The van der Waals surface area contributed by atoms with Crippen molar-refractivity contribution in [1.29, 1.82) is 0 Å². The summed E-state index contributed by atoms with van der Waals surface area (Å²) >= 11 is 12.8. The fourth-order valence-electron chi connectivity index (χ4n) is 0.932. The van der Waals surface area contributed by atoms with Crippen molar-refractivity contribution in [2.75, 3.05) is 0 Å². The number of halogens is 2. The Balaban J connectivity index is 2.81. The molecule has 0 saturated heterocycles. The predicted octanol–water partition coefficient (Wildman–Crippen LogP) is 1.93. The number of nitrogens with two attached hydrogens (primary N) is 2. The molecule has 72 valence electrons. The van der Waals surface area contributed by atoms with Crippen LogP contribution < -0.4 is 11.5 Å². The quantitative estimate of drug-likeness (QED) is 0.846. The zero-order valence-electron chi connectivity index (χ0n) is 6.59. The fourth-order valence-corrected chi connectivity index (χ4v) is 2.53. The lowest BCUT2D eigenvalue weighted by Crippen LogP contribution is -2.20. The maximum absolute atomic E-state index is 10.6. The van der Waals surface area contributed by atoms with Gasteiger partial charge in [0, 0.05) is 18.0 Å². The summed E-state index contributed by atoms with van der Waals surface area (Å²) < 4.78 is 1.07. The summed E-state index contributed by atoms with van der Waals surface area (Å²) in [5, 5.41) is 0. The molecule has 4 N–H and O–H groups in total. The van der Waals surface area contributed by atoms with Gasteiger partial charge in [0.2, 0.25) is 5.91 Å². The van der Waals surface area contributed by atoms with Crippen molar-refractivity contribution in [1.82, 2.24) is 0 Å². The van der Waals surface area contributed by atoms with Crippen LogP contribution in [-0.2, 0) is 4.79 Å². The normalized spacial score (nSPS) is 12.8. The lowest BCUT2D eigenvalue weighted by Gasteiger charge is -2.06. The van der Waals surface area contributed by atoms with Crippen molar-refractivity contribution >= 4 is 40.4 Å². The molecule has 0 saturated carbocycles. The number of carbonyl (C=O) groups excluding carboxylic acids is 1. The summed E-state index contributed by atoms with van der Waals surface area (Å²) in [6, 6.07) is 1.19. The first kappa shape index (κ1) is 10.8. The Kier molecular flexibility index (Phi) is 3.55. The van der Waals surface area contributed by atoms with Crippen LogP contribution in [0.3, 0.4) is 0 Å². The van der Waals surface area contributed by atoms with Gasteiger partial charge in [0.15, 0.2) is 0 Å². The second kappa shape index (κ2) is 4.28. The fraction of sp³-hybridized carbons (Fsp3) is 0.286. The van der Waals surface area contributed by atoms with Gasteiger partial charge in [-0.05, 0) is 6.07 Å². The first-order chi connectivity index (χ1) is 6.00. The Bertz CT molecular complexity index is 326. The van der Waals surface area contributed by atoms with Crippen molar-refractivity contribution in [3.8, 4) is 0 Å². The van der Waals surface area contributed by atoms with Crippen LogP contribution in [-0.4, -0.2) is 5.91 Å². The molecule has 0 aliphatic carbocycles. The predicted molar refractivity (Wildman–Crippen MR) is 55.1 cm³/mol. The number of hydrogen-bond acceptors (Lipinski definition) is 3. The van der Waals surface area contributed by atoms with Crippen LogP contribution >= 0.6 is 34.5 Å². The maximum atomic E-state index is 10.6. The summed E-state index contributed by atoms with van der Waals surface area (Å²) in [5.74, 6) is -0.453. The molecule has 1 atom stereocenters.